The second kappa shape index (κ2) is 10.6. The van der Waals surface area contributed by atoms with Gasteiger partial charge in [-0.25, -0.2) is 4.39 Å². The Kier molecular flexibility index (Phi) is 7.55. The highest BCUT2D eigenvalue weighted by Crippen LogP contribution is 2.40. The number of aromatic nitrogens is 1. The monoisotopic (exact) mass is 562 g/mol. The first kappa shape index (κ1) is 24.3. The second-order valence-corrected chi connectivity index (χ2v) is 9.37. The minimum atomic E-state index is -0.578. The number of carbonyl (C=O) groups excluding carboxylic acids is 2. The van der Waals surface area contributed by atoms with Gasteiger partial charge in [0, 0.05) is 16.8 Å². The summed E-state index contributed by atoms with van der Waals surface area (Å²) in [5.74, 6) is -0.188. The maximum Gasteiger partial charge on any atom is 0.293 e. The van der Waals surface area contributed by atoms with Crippen LogP contribution in [0.15, 0.2) is 64.1 Å². The molecule has 174 valence electrons. The molecular weight excluding hydrogens is 547 g/mol. The normalized spacial score (nSPS) is 14.7. The zero-order chi connectivity index (χ0) is 24.2. The van der Waals surface area contributed by atoms with E-state index in [-0.39, 0.29) is 28.6 Å². The average molecular weight is 564 g/mol. The Balaban J connectivity index is 1.56. The molecule has 1 aliphatic heterocycles. The lowest BCUT2D eigenvalue weighted by atomic mass is 10.1. The van der Waals surface area contributed by atoms with Gasteiger partial charge < -0.3 is 9.47 Å². The lowest BCUT2D eigenvalue weighted by Crippen LogP contribution is -2.28. The number of nitrogens with zero attached hydrogens (tertiary/aromatic N) is 2. The Morgan fingerprint density at radius 3 is 2.74 bits per heavy atom. The summed E-state index contributed by atoms with van der Waals surface area (Å²) < 4.78 is 26.1. The highest BCUT2D eigenvalue weighted by atomic mass is 79.9. The summed E-state index contributed by atoms with van der Waals surface area (Å²) in [5.41, 5.74) is 1.46. The van der Waals surface area contributed by atoms with Gasteiger partial charge in [0.2, 0.25) is 0 Å². The van der Waals surface area contributed by atoms with Gasteiger partial charge in [0.15, 0.2) is 11.5 Å². The Morgan fingerprint density at radius 2 is 2.03 bits per heavy atom. The number of carbonyl (C=O) groups is 2. The Bertz CT molecular complexity index is 1270. The number of hydrogen-bond acceptors (Lipinski definition) is 6. The van der Waals surface area contributed by atoms with Crippen molar-refractivity contribution in [1.82, 2.24) is 9.88 Å². The van der Waals surface area contributed by atoms with Crippen LogP contribution < -0.4 is 9.47 Å². The van der Waals surface area contributed by atoms with E-state index in [2.05, 4.69) is 20.9 Å². The third-order valence-electron chi connectivity index (χ3n) is 4.89. The molecule has 0 saturated carbocycles. The van der Waals surface area contributed by atoms with Crippen molar-refractivity contribution in [2.75, 3.05) is 7.11 Å². The van der Waals surface area contributed by atoms with E-state index in [0.29, 0.717) is 21.5 Å². The molecule has 0 bridgehead atoms. The zero-order valence-electron chi connectivity index (χ0n) is 17.8. The molecule has 0 radical (unpaired) electrons. The van der Waals surface area contributed by atoms with E-state index >= 15 is 0 Å². The number of thioether (sulfide) groups is 1. The molecule has 0 unspecified atom stereocenters. The standard InChI is InChI=1S/C24H17BrClFN2O4S/c1-32-20-10-14(9-17(25)22(20)33-13-15-5-2-3-8-28-15)11-21-23(30)29(24(31)34-21)12-16-18(26)6-4-7-19(16)27/h2-11H,12-13H2,1H3/b21-11-. The number of rotatable bonds is 7. The first-order valence-corrected chi connectivity index (χ1v) is 11.9. The largest absolute Gasteiger partial charge is 0.493 e. The summed E-state index contributed by atoms with van der Waals surface area (Å²) in [6.07, 6.45) is 3.25. The van der Waals surface area contributed by atoms with Crippen LogP contribution in [0.25, 0.3) is 6.08 Å². The smallest absolute Gasteiger partial charge is 0.293 e. The fourth-order valence-electron chi connectivity index (χ4n) is 3.22. The summed E-state index contributed by atoms with van der Waals surface area (Å²) in [6.45, 7) is -0.00648. The van der Waals surface area contributed by atoms with Gasteiger partial charge in [-0.05, 0) is 75.7 Å². The van der Waals surface area contributed by atoms with Crippen molar-refractivity contribution < 1.29 is 23.5 Å². The van der Waals surface area contributed by atoms with Crippen molar-refractivity contribution in [2.24, 2.45) is 0 Å². The van der Waals surface area contributed by atoms with Crippen LogP contribution in [0.5, 0.6) is 11.5 Å². The summed E-state index contributed by atoms with van der Waals surface area (Å²) in [6, 6.07) is 13.2. The lowest BCUT2D eigenvalue weighted by molar-refractivity contribution is -0.123. The van der Waals surface area contributed by atoms with Gasteiger partial charge >= 0.3 is 0 Å². The molecule has 3 aromatic rings. The van der Waals surface area contributed by atoms with Crippen LogP contribution in [0.4, 0.5) is 9.18 Å². The molecule has 34 heavy (non-hydrogen) atoms. The number of benzene rings is 2. The maximum absolute atomic E-state index is 14.1. The number of halogens is 3. The Labute approximate surface area is 212 Å². The number of imide groups is 1. The molecule has 4 rings (SSSR count). The van der Waals surface area contributed by atoms with Gasteiger partial charge in [0.1, 0.15) is 12.4 Å². The highest BCUT2D eigenvalue weighted by molar-refractivity contribution is 9.10. The van der Waals surface area contributed by atoms with Crippen LogP contribution in [-0.4, -0.2) is 28.1 Å². The molecule has 10 heteroatoms. The van der Waals surface area contributed by atoms with Crippen molar-refractivity contribution in [3.8, 4) is 11.5 Å². The van der Waals surface area contributed by atoms with Crippen LogP contribution in [0.2, 0.25) is 5.02 Å². The molecule has 0 spiro atoms. The molecular formula is C24H17BrClFN2O4S. The van der Waals surface area contributed by atoms with E-state index in [1.54, 1.807) is 24.4 Å². The SMILES string of the molecule is COc1cc(/C=C2\SC(=O)N(Cc3c(F)cccc3Cl)C2=O)cc(Br)c1OCc1ccccn1. The predicted molar refractivity (Wildman–Crippen MR) is 132 cm³/mol. The fraction of sp³-hybridized carbons (Fsp3) is 0.125. The molecule has 2 amide bonds. The summed E-state index contributed by atoms with van der Waals surface area (Å²) in [5, 5.41) is -0.352. The molecule has 1 fully saturated rings. The maximum atomic E-state index is 14.1. The van der Waals surface area contributed by atoms with Gasteiger partial charge in [-0.15, -0.1) is 0 Å². The number of methoxy groups -OCH3 is 1. The molecule has 2 aromatic carbocycles. The molecule has 6 nitrogen and oxygen atoms in total. The molecule has 2 heterocycles. The van der Waals surface area contributed by atoms with E-state index in [4.69, 9.17) is 21.1 Å². The van der Waals surface area contributed by atoms with Crippen LogP contribution in [0, 0.1) is 5.82 Å². The third kappa shape index (κ3) is 5.27. The van der Waals surface area contributed by atoms with Gasteiger partial charge in [0.25, 0.3) is 11.1 Å². The Hall–Kier alpha value is -2.88. The number of pyridine rings is 1. The highest BCUT2D eigenvalue weighted by Gasteiger charge is 2.36. The van der Waals surface area contributed by atoms with Gasteiger partial charge in [-0.3, -0.25) is 19.5 Å². The zero-order valence-corrected chi connectivity index (χ0v) is 20.9. The minimum absolute atomic E-state index is 0.0894. The van der Waals surface area contributed by atoms with E-state index in [1.807, 2.05) is 18.2 Å². The summed E-state index contributed by atoms with van der Waals surface area (Å²) >= 11 is 10.3. The van der Waals surface area contributed by atoms with Crippen molar-refractivity contribution in [2.45, 2.75) is 13.2 Å². The van der Waals surface area contributed by atoms with E-state index in [0.717, 1.165) is 22.4 Å². The molecule has 1 aromatic heterocycles. The molecule has 1 aliphatic rings. The van der Waals surface area contributed by atoms with Crippen LogP contribution in [0.1, 0.15) is 16.8 Å². The molecule has 0 atom stereocenters. The quantitative estimate of drug-likeness (QED) is 0.307. The molecule has 0 N–H and O–H groups in total. The van der Waals surface area contributed by atoms with Crippen LogP contribution in [-0.2, 0) is 17.9 Å². The first-order valence-electron chi connectivity index (χ1n) is 9.96. The number of amides is 2. The number of ether oxygens (including phenoxy) is 2. The Morgan fingerprint density at radius 1 is 1.21 bits per heavy atom. The van der Waals surface area contributed by atoms with E-state index in [9.17, 15) is 14.0 Å². The van der Waals surface area contributed by atoms with E-state index in [1.165, 1.54) is 25.3 Å². The van der Waals surface area contributed by atoms with Crippen LogP contribution in [0.3, 0.4) is 0 Å². The predicted octanol–water partition coefficient (Wildman–Crippen LogP) is 6.46. The summed E-state index contributed by atoms with van der Waals surface area (Å²) in [4.78, 5) is 30.8. The van der Waals surface area contributed by atoms with Gasteiger partial charge in [-0.1, -0.05) is 23.7 Å². The molecule has 0 aliphatic carbocycles. The first-order chi connectivity index (χ1) is 16.4. The van der Waals surface area contributed by atoms with Crippen LogP contribution >= 0.6 is 39.3 Å². The average Bonchev–Trinajstić information content (AvgIpc) is 3.08. The fourth-order valence-corrected chi connectivity index (χ4v) is 4.86. The van der Waals surface area contributed by atoms with Gasteiger partial charge in [-0.2, -0.15) is 0 Å². The van der Waals surface area contributed by atoms with E-state index < -0.39 is 17.0 Å². The summed E-state index contributed by atoms with van der Waals surface area (Å²) in [7, 11) is 1.51. The van der Waals surface area contributed by atoms with Crippen molar-refractivity contribution >= 4 is 56.5 Å². The second-order valence-electron chi connectivity index (χ2n) is 7.11. The lowest BCUT2D eigenvalue weighted by Gasteiger charge is -2.14. The van der Waals surface area contributed by atoms with Gasteiger partial charge in [0.05, 0.1) is 28.7 Å². The van der Waals surface area contributed by atoms with Crippen molar-refractivity contribution in [3.63, 3.8) is 0 Å². The minimum Gasteiger partial charge on any atom is -0.493 e. The topological polar surface area (TPSA) is 68.7 Å². The van der Waals surface area contributed by atoms with Crippen molar-refractivity contribution in [3.05, 3.63) is 91.8 Å². The third-order valence-corrected chi connectivity index (χ3v) is 6.74. The van der Waals surface area contributed by atoms with Crippen molar-refractivity contribution in [1.29, 1.82) is 0 Å². The molecule has 1 saturated heterocycles. The number of hydrogen-bond donors (Lipinski definition) is 0.